The van der Waals surface area contributed by atoms with Crippen LogP contribution < -0.4 is 5.32 Å². The van der Waals surface area contributed by atoms with Crippen LogP contribution in [-0.2, 0) is 6.42 Å². The maximum absolute atomic E-state index is 4.19. The van der Waals surface area contributed by atoms with Gasteiger partial charge in [0.15, 0.2) is 0 Å². The molecule has 2 rings (SSSR count). The van der Waals surface area contributed by atoms with Crippen LogP contribution in [0.1, 0.15) is 24.1 Å². The minimum atomic E-state index is 0.304. The molecule has 1 heterocycles. The number of aromatic nitrogens is 1. The normalized spacial score (nSPS) is 12.4. The highest BCUT2D eigenvalue weighted by molar-refractivity contribution is 14.1. The van der Waals surface area contributed by atoms with Gasteiger partial charge in [-0.15, -0.1) is 0 Å². The maximum Gasteiger partial charge on any atom is 0.0372 e. The Balaban J connectivity index is 2.27. The van der Waals surface area contributed by atoms with Crippen molar-refractivity contribution in [2.24, 2.45) is 0 Å². The number of benzene rings is 1. The number of halogens is 2. The van der Waals surface area contributed by atoms with E-state index in [-0.39, 0.29) is 0 Å². The van der Waals surface area contributed by atoms with E-state index in [0.29, 0.717) is 6.04 Å². The van der Waals surface area contributed by atoms with E-state index in [0.717, 1.165) is 17.4 Å². The molecule has 0 amide bonds. The molecular weight excluding hydrogens is 415 g/mol. The summed E-state index contributed by atoms with van der Waals surface area (Å²) >= 11 is 6.01. The van der Waals surface area contributed by atoms with Crippen molar-refractivity contribution in [2.75, 3.05) is 6.54 Å². The van der Waals surface area contributed by atoms with Gasteiger partial charge in [-0.1, -0.05) is 28.9 Å². The lowest BCUT2D eigenvalue weighted by Crippen LogP contribution is -2.23. The number of hydrogen-bond acceptors (Lipinski definition) is 2. The van der Waals surface area contributed by atoms with Gasteiger partial charge in [0.2, 0.25) is 0 Å². The second-order valence-corrected chi connectivity index (χ2v) is 6.44. The Morgan fingerprint density at radius 2 is 2.21 bits per heavy atom. The van der Waals surface area contributed by atoms with Gasteiger partial charge < -0.3 is 5.32 Å². The highest BCUT2D eigenvalue weighted by Gasteiger charge is 2.14. The minimum absolute atomic E-state index is 0.304. The van der Waals surface area contributed by atoms with Crippen molar-refractivity contribution in [1.82, 2.24) is 10.3 Å². The molecule has 1 aromatic heterocycles. The van der Waals surface area contributed by atoms with Crippen LogP contribution in [0.25, 0.3) is 0 Å². The predicted octanol–water partition coefficient (Wildman–Crippen LogP) is 4.34. The molecule has 0 aliphatic heterocycles. The Labute approximate surface area is 136 Å². The lowest BCUT2D eigenvalue weighted by Gasteiger charge is -2.20. The number of hydrogen-bond donors (Lipinski definition) is 1. The van der Waals surface area contributed by atoms with Gasteiger partial charge in [-0.25, -0.2) is 0 Å². The topological polar surface area (TPSA) is 24.9 Å². The first-order valence-corrected chi connectivity index (χ1v) is 8.15. The lowest BCUT2D eigenvalue weighted by molar-refractivity contribution is 0.547. The molecule has 0 aliphatic carbocycles. The number of rotatable bonds is 5. The SMILES string of the molecule is CCNC(Cc1cccnc1)c1cc(I)ccc1Br. The Morgan fingerprint density at radius 1 is 1.37 bits per heavy atom. The minimum Gasteiger partial charge on any atom is -0.310 e. The summed E-state index contributed by atoms with van der Waals surface area (Å²) in [4.78, 5) is 4.19. The molecule has 1 aromatic carbocycles. The van der Waals surface area contributed by atoms with E-state index in [4.69, 9.17) is 0 Å². The van der Waals surface area contributed by atoms with Crippen LogP contribution in [-0.4, -0.2) is 11.5 Å². The summed E-state index contributed by atoms with van der Waals surface area (Å²) in [5.74, 6) is 0. The second-order valence-electron chi connectivity index (χ2n) is 4.34. The molecule has 2 aromatic rings. The molecule has 1 atom stereocenters. The highest BCUT2D eigenvalue weighted by Crippen LogP contribution is 2.27. The molecule has 0 saturated heterocycles. The smallest absolute Gasteiger partial charge is 0.0372 e. The molecule has 2 nitrogen and oxygen atoms in total. The fourth-order valence-corrected chi connectivity index (χ4v) is 3.11. The van der Waals surface area contributed by atoms with Crippen LogP contribution in [0.3, 0.4) is 0 Å². The average molecular weight is 431 g/mol. The third kappa shape index (κ3) is 4.26. The first kappa shape index (κ1) is 14.9. The van der Waals surface area contributed by atoms with Crippen molar-refractivity contribution in [1.29, 1.82) is 0 Å². The number of pyridine rings is 1. The van der Waals surface area contributed by atoms with Gasteiger partial charge in [0.05, 0.1) is 0 Å². The van der Waals surface area contributed by atoms with E-state index in [9.17, 15) is 0 Å². The largest absolute Gasteiger partial charge is 0.310 e. The number of nitrogens with one attached hydrogen (secondary N) is 1. The van der Waals surface area contributed by atoms with Gasteiger partial charge in [0, 0.05) is 26.5 Å². The quantitative estimate of drug-likeness (QED) is 0.713. The first-order chi connectivity index (χ1) is 9.20. The summed E-state index contributed by atoms with van der Waals surface area (Å²) in [6.45, 7) is 3.08. The van der Waals surface area contributed by atoms with Crippen molar-refractivity contribution in [3.8, 4) is 0 Å². The Hall–Kier alpha value is -0.460. The molecule has 0 spiro atoms. The van der Waals surface area contributed by atoms with Gasteiger partial charge in [0.25, 0.3) is 0 Å². The zero-order valence-corrected chi connectivity index (χ0v) is 14.5. The van der Waals surface area contributed by atoms with E-state index in [1.807, 2.05) is 18.5 Å². The average Bonchev–Trinajstić information content (AvgIpc) is 2.42. The van der Waals surface area contributed by atoms with Crippen LogP contribution >= 0.6 is 38.5 Å². The highest BCUT2D eigenvalue weighted by atomic mass is 127. The molecule has 100 valence electrons. The van der Waals surface area contributed by atoms with Crippen LogP contribution in [0, 0.1) is 3.57 Å². The van der Waals surface area contributed by atoms with Crippen LogP contribution in [0.15, 0.2) is 47.2 Å². The summed E-state index contributed by atoms with van der Waals surface area (Å²) in [5, 5.41) is 3.55. The van der Waals surface area contributed by atoms with Gasteiger partial charge in [-0.3, -0.25) is 4.98 Å². The second kappa shape index (κ2) is 7.36. The van der Waals surface area contributed by atoms with Crippen molar-refractivity contribution in [2.45, 2.75) is 19.4 Å². The van der Waals surface area contributed by atoms with E-state index in [1.54, 1.807) is 0 Å². The van der Waals surface area contributed by atoms with Crippen LogP contribution in [0.5, 0.6) is 0 Å². The van der Waals surface area contributed by atoms with Gasteiger partial charge in [0.1, 0.15) is 0 Å². The molecule has 4 heteroatoms. The summed E-state index contributed by atoms with van der Waals surface area (Å²) in [5.41, 5.74) is 2.55. The molecule has 1 unspecified atom stereocenters. The molecule has 0 bridgehead atoms. The van der Waals surface area contributed by atoms with E-state index in [1.165, 1.54) is 14.7 Å². The van der Waals surface area contributed by atoms with Crippen LogP contribution in [0.2, 0.25) is 0 Å². The zero-order chi connectivity index (χ0) is 13.7. The Kier molecular flexibility index (Phi) is 5.78. The predicted molar refractivity (Wildman–Crippen MR) is 91.2 cm³/mol. The molecule has 0 aliphatic rings. The van der Waals surface area contributed by atoms with Gasteiger partial charge >= 0.3 is 0 Å². The van der Waals surface area contributed by atoms with Crippen molar-refractivity contribution < 1.29 is 0 Å². The van der Waals surface area contributed by atoms with Crippen molar-refractivity contribution in [3.05, 3.63) is 61.9 Å². The number of nitrogens with zero attached hydrogens (tertiary/aromatic N) is 1. The molecule has 0 radical (unpaired) electrons. The Morgan fingerprint density at radius 3 is 2.89 bits per heavy atom. The van der Waals surface area contributed by atoms with E-state index >= 15 is 0 Å². The third-order valence-electron chi connectivity index (χ3n) is 2.95. The molecule has 1 N–H and O–H groups in total. The molecule has 0 saturated carbocycles. The standard InChI is InChI=1S/C15H16BrIN2/c1-2-19-15(8-11-4-3-7-18-10-11)13-9-12(17)5-6-14(13)16/h3-7,9-10,15,19H,2,8H2,1H3. The molecule has 0 fully saturated rings. The molecular formula is C15H16BrIN2. The van der Waals surface area contributed by atoms with E-state index in [2.05, 4.69) is 80.0 Å². The third-order valence-corrected chi connectivity index (χ3v) is 4.34. The lowest BCUT2D eigenvalue weighted by atomic mass is 10.00. The maximum atomic E-state index is 4.19. The van der Waals surface area contributed by atoms with E-state index < -0.39 is 0 Å². The van der Waals surface area contributed by atoms with Gasteiger partial charge in [-0.2, -0.15) is 0 Å². The first-order valence-electron chi connectivity index (χ1n) is 6.28. The van der Waals surface area contributed by atoms with Crippen molar-refractivity contribution >= 4 is 38.5 Å². The Bertz CT molecular complexity index is 531. The summed E-state index contributed by atoms with van der Waals surface area (Å²) < 4.78 is 2.41. The molecule has 19 heavy (non-hydrogen) atoms. The fourth-order valence-electron chi connectivity index (χ4n) is 2.07. The fraction of sp³-hybridized carbons (Fsp3) is 0.267. The zero-order valence-electron chi connectivity index (χ0n) is 10.7. The van der Waals surface area contributed by atoms with Crippen LogP contribution in [0.4, 0.5) is 0 Å². The van der Waals surface area contributed by atoms with Crippen molar-refractivity contribution in [3.63, 3.8) is 0 Å². The van der Waals surface area contributed by atoms with Gasteiger partial charge in [-0.05, 0) is 70.9 Å². The summed E-state index contributed by atoms with van der Waals surface area (Å²) in [6, 6.07) is 10.9. The summed E-state index contributed by atoms with van der Waals surface area (Å²) in [7, 11) is 0. The number of likely N-dealkylation sites (N-methyl/N-ethyl adjacent to an activating group) is 1. The summed E-state index contributed by atoms with van der Waals surface area (Å²) in [6.07, 6.45) is 4.69. The monoisotopic (exact) mass is 430 g/mol.